The predicted molar refractivity (Wildman–Crippen MR) is 103 cm³/mol. The Balaban J connectivity index is 1.80. The van der Waals surface area contributed by atoms with E-state index >= 15 is 0 Å². The minimum Gasteiger partial charge on any atom is -0.508 e. The summed E-state index contributed by atoms with van der Waals surface area (Å²) >= 11 is 1.50. The van der Waals surface area contributed by atoms with Crippen LogP contribution in [0.3, 0.4) is 0 Å². The highest BCUT2D eigenvalue weighted by molar-refractivity contribution is 7.99. The molecule has 0 aliphatic heterocycles. The van der Waals surface area contributed by atoms with Crippen molar-refractivity contribution in [3.8, 4) is 28.4 Å². The van der Waals surface area contributed by atoms with Crippen LogP contribution in [-0.2, 0) is 0 Å². The van der Waals surface area contributed by atoms with Gasteiger partial charge in [0.25, 0.3) is 0 Å². The lowest BCUT2D eigenvalue weighted by Gasteiger charge is -2.09. The number of nitrogens with zero attached hydrogens (tertiary/aromatic N) is 3. The Morgan fingerprint density at radius 2 is 1.27 bits per heavy atom. The van der Waals surface area contributed by atoms with E-state index in [1.165, 1.54) is 11.8 Å². The van der Waals surface area contributed by atoms with Crippen molar-refractivity contribution in [1.82, 2.24) is 15.2 Å². The number of hydrogen-bond acceptors (Lipinski definition) is 5. The quantitative estimate of drug-likeness (QED) is 0.553. The summed E-state index contributed by atoms with van der Waals surface area (Å²) in [4.78, 5) is 5.74. The van der Waals surface area contributed by atoms with Crippen LogP contribution in [0.25, 0.3) is 22.6 Å². The number of hydrogen-bond donors (Lipinski definition) is 1. The van der Waals surface area contributed by atoms with E-state index in [0.717, 1.165) is 26.7 Å². The minimum atomic E-state index is 0.239. The first-order valence-electron chi connectivity index (χ1n) is 8.12. The van der Waals surface area contributed by atoms with Gasteiger partial charge < -0.3 is 5.11 Å². The zero-order valence-electron chi connectivity index (χ0n) is 13.8. The third kappa shape index (κ3) is 3.58. The molecule has 0 saturated heterocycles. The van der Waals surface area contributed by atoms with Crippen molar-refractivity contribution in [2.45, 2.75) is 9.92 Å². The highest BCUT2D eigenvalue weighted by atomic mass is 32.2. The molecule has 1 aromatic heterocycles. The fraction of sp³-hybridized carbons (Fsp3) is 0. The topological polar surface area (TPSA) is 58.9 Å². The van der Waals surface area contributed by atoms with Gasteiger partial charge in [0.05, 0.1) is 0 Å². The van der Waals surface area contributed by atoms with Gasteiger partial charge in [0.1, 0.15) is 16.5 Å². The summed E-state index contributed by atoms with van der Waals surface area (Å²) in [5.74, 6) is 0.829. The van der Waals surface area contributed by atoms with Gasteiger partial charge in [0.2, 0.25) is 0 Å². The third-order valence-corrected chi connectivity index (χ3v) is 4.77. The maximum atomic E-state index is 9.50. The first-order valence-corrected chi connectivity index (χ1v) is 8.94. The molecule has 4 aromatic rings. The lowest BCUT2D eigenvalue weighted by molar-refractivity contribution is 0.475. The molecule has 0 atom stereocenters. The monoisotopic (exact) mass is 357 g/mol. The van der Waals surface area contributed by atoms with Crippen LogP contribution in [-0.4, -0.2) is 20.3 Å². The molecule has 0 aliphatic rings. The summed E-state index contributed by atoms with van der Waals surface area (Å²) in [5, 5.41) is 19.1. The summed E-state index contributed by atoms with van der Waals surface area (Å²) in [7, 11) is 0. The van der Waals surface area contributed by atoms with Gasteiger partial charge in [-0.2, -0.15) is 0 Å². The second-order valence-corrected chi connectivity index (χ2v) is 6.68. The molecule has 3 aromatic carbocycles. The fourth-order valence-corrected chi connectivity index (χ4v) is 3.38. The second kappa shape index (κ2) is 7.37. The Morgan fingerprint density at radius 1 is 0.654 bits per heavy atom. The van der Waals surface area contributed by atoms with E-state index in [1.54, 1.807) is 12.1 Å². The van der Waals surface area contributed by atoms with Crippen LogP contribution in [0.4, 0.5) is 0 Å². The zero-order valence-corrected chi connectivity index (χ0v) is 14.6. The van der Waals surface area contributed by atoms with E-state index < -0.39 is 0 Å². The predicted octanol–water partition coefficient (Wildman–Crippen LogP) is 5.06. The van der Waals surface area contributed by atoms with Crippen molar-refractivity contribution in [1.29, 1.82) is 0 Å². The number of rotatable bonds is 4. The molecule has 0 amide bonds. The van der Waals surface area contributed by atoms with E-state index in [-0.39, 0.29) is 5.75 Å². The molecule has 0 radical (unpaired) electrons. The molecule has 0 saturated carbocycles. The van der Waals surface area contributed by atoms with Gasteiger partial charge in [-0.15, -0.1) is 10.2 Å². The van der Waals surface area contributed by atoms with E-state index in [2.05, 4.69) is 10.2 Å². The number of benzene rings is 3. The average molecular weight is 357 g/mol. The zero-order chi connectivity index (χ0) is 17.8. The molecule has 1 heterocycles. The highest BCUT2D eigenvalue weighted by Gasteiger charge is 2.14. The summed E-state index contributed by atoms with van der Waals surface area (Å²) in [6.07, 6.45) is 0. The minimum absolute atomic E-state index is 0.239. The molecule has 26 heavy (non-hydrogen) atoms. The van der Waals surface area contributed by atoms with Gasteiger partial charge in [-0.05, 0) is 24.3 Å². The fourth-order valence-electron chi connectivity index (χ4n) is 2.50. The van der Waals surface area contributed by atoms with Gasteiger partial charge >= 0.3 is 0 Å². The first kappa shape index (κ1) is 16.3. The lowest BCUT2D eigenvalue weighted by atomic mass is 10.2. The Hall–Kier alpha value is -3.18. The van der Waals surface area contributed by atoms with Crippen LogP contribution >= 0.6 is 11.8 Å². The van der Waals surface area contributed by atoms with Gasteiger partial charge in [-0.3, -0.25) is 0 Å². The smallest absolute Gasteiger partial charge is 0.182 e. The van der Waals surface area contributed by atoms with Crippen molar-refractivity contribution in [3.63, 3.8) is 0 Å². The number of phenolic OH excluding ortho intramolecular Hbond substituents is 1. The second-order valence-electron chi connectivity index (χ2n) is 5.62. The molecular weight excluding hydrogens is 342 g/mol. The standard InChI is InChI=1S/C21H15N3OS/c25-17-11-13-18(14-12-17)26-21-19(15-7-3-1-4-8-15)23-24-20(22-21)16-9-5-2-6-10-16/h1-14,25H. The van der Waals surface area contributed by atoms with E-state index in [0.29, 0.717) is 5.82 Å². The van der Waals surface area contributed by atoms with E-state index in [1.807, 2.05) is 72.8 Å². The maximum absolute atomic E-state index is 9.50. The number of aromatic nitrogens is 3. The maximum Gasteiger partial charge on any atom is 0.182 e. The summed E-state index contributed by atoms with van der Waals surface area (Å²) in [6.45, 7) is 0. The van der Waals surface area contributed by atoms with E-state index in [9.17, 15) is 5.11 Å². The number of aromatic hydroxyl groups is 1. The molecular formula is C21H15N3OS. The van der Waals surface area contributed by atoms with Crippen molar-refractivity contribution >= 4 is 11.8 Å². The molecule has 0 aliphatic carbocycles. The van der Waals surface area contributed by atoms with Crippen molar-refractivity contribution in [3.05, 3.63) is 84.9 Å². The molecule has 0 bridgehead atoms. The normalized spacial score (nSPS) is 10.6. The highest BCUT2D eigenvalue weighted by Crippen LogP contribution is 2.34. The summed E-state index contributed by atoms with van der Waals surface area (Å²) < 4.78 is 0. The molecule has 0 fully saturated rings. The van der Waals surface area contributed by atoms with Gasteiger partial charge in [-0.1, -0.05) is 72.4 Å². The van der Waals surface area contributed by atoms with Crippen LogP contribution < -0.4 is 0 Å². The first-order chi connectivity index (χ1) is 12.8. The van der Waals surface area contributed by atoms with Crippen LogP contribution in [0, 0.1) is 0 Å². The molecule has 4 nitrogen and oxygen atoms in total. The molecule has 0 unspecified atom stereocenters. The van der Waals surface area contributed by atoms with Gasteiger partial charge in [0.15, 0.2) is 5.82 Å². The average Bonchev–Trinajstić information content (AvgIpc) is 2.71. The molecule has 4 rings (SSSR count). The Kier molecular flexibility index (Phi) is 4.62. The van der Waals surface area contributed by atoms with E-state index in [4.69, 9.17) is 4.98 Å². The SMILES string of the molecule is Oc1ccc(Sc2nc(-c3ccccc3)nnc2-c2ccccc2)cc1. The molecule has 126 valence electrons. The van der Waals surface area contributed by atoms with Gasteiger partial charge in [-0.25, -0.2) is 4.98 Å². The third-order valence-electron chi connectivity index (χ3n) is 3.79. The van der Waals surface area contributed by atoms with Crippen molar-refractivity contribution in [2.24, 2.45) is 0 Å². The molecule has 5 heteroatoms. The Bertz CT molecular complexity index is 1010. The van der Waals surface area contributed by atoms with Crippen molar-refractivity contribution in [2.75, 3.05) is 0 Å². The lowest BCUT2D eigenvalue weighted by Crippen LogP contribution is -1.99. The Labute approximate surface area is 155 Å². The Morgan fingerprint density at radius 3 is 1.92 bits per heavy atom. The number of phenols is 1. The molecule has 0 spiro atoms. The summed E-state index contributed by atoms with van der Waals surface area (Å²) in [6, 6.07) is 26.7. The van der Waals surface area contributed by atoms with Crippen LogP contribution in [0.15, 0.2) is 94.9 Å². The van der Waals surface area contributed by atoms with Crippen LogP contribution in [0.1, 0.15) is 0 Å². The largest absolute Gasteiger partial charge is 0.508 e. The van der Waals surface area contributed by atoms with Crippen LogP contribution in [0.5, 0.6) is 5.75 Å². The van der Waals surface area contributed by atoms with Gasteiger partial charge in [0, 0.05) is 16.0 Å². The molecule has 1 N–H and O–H groups in total. The summed E-state index contributed by atoms with van der Waals surface area (Å²) in [5.41, 5.74) is 2.63. The van der Waals surface area contributed by atoms with Crippen LogP contribution in [0.2, 0.25) is 0 Å². The van der Waals surface area contributed by atoms with Crippen molar-refractivity contribution < 1.29 is 5.11 Å².